The van der Waals surface area contributed by atoms with Crippen molar-refractivity contribution in [2.75, 3.05) is 129 Å². The van der Waals surface area contributed by atoms with Crippen LogP contribution in [-0.4, -0.2) is 106 Å². The first-order valence-corrected chi connectivity index (χ1v) is 37.2. The Balaban J connectivity index is 1.17. The van der Waals surface area contributed by atoms with E-state index in [0.717, 1.165) is 84.4 Å². The second-order valence-electron chi connectivity index (χ2n) is 28.1. The molecule has 0 aliphatic carbocycles. The molecule has 9 rings (SSSR count). The smallest absolute Gasteiger partial charge is 0.147 e. The minimum absolute atomic E-state index is 0.242. The number of hydrogen-bond donors (Lipinski definition) is 4. The Bertz CT molecular complexity index is 3310. The molecule has 0 unspecified atom stereocenters. The van der Waals surface area contributed by atoms with Crippen LogP contribution < -0.4 is 60.8 Å². The monoisotopic (exact) mass is 1440 g/mol. The number of fused-ring (bicyclic) bond motifs is 8. The van der Waals surface area contributed by atoms with E-state index >= 15 is 0 Å². The van der Waals surface area contributed by atoms with E-state index in [1.54, 1.807) is 47.0 Å². The predicted molar refractivity (Wildman–Crippen MR) is 408 cm³/mol. The van der Waals surface area contributed by atoms with Crippen LogP contribution in [0.3, 0.4) is 0 Å². The Morgan fingerprint density at radius 1 is 0.220 bits per heavy atom. The van der Waals surface area contributed by atoms with Crippen LogP contribution in [0, 0.1) is 0 Å². The molecule has 0 radical (unpaired) electrons. The summed E-state index contributed by atoms with van der Waals surface area (Å²) in [7, 11) is 0. The number of nitrogens with two attached hydrogens (primary N) is 4. The highest BCUT2D eigenvalue weighted by molar-refractivity contribution is 8.01. The minimum atomic E-state index is -0.303. The number of anilines is 4. The molecule has 0 spiro atoms. The normalized spacial score (nSPS) is 12.6. The summed E-state index contributed by atoms with van der Waals surface area (Å²) in [5.74, 6) is 5.66. The van der Waals surface area contributed by atoms with Crippen LogP contribution in [0.2, 0.25) is 0 Å². The van der Waals surface area contributed by atoms with E-state index in [4.69, 9.17) is 79.8 Å². The van der Waals surface area contributed by atoms with Crippen molar-refractivity contribution < 1.29 is 56.8 Å². The summed E-state index contributed by atoms with van der Waals surface area (Å²) >= 11 is 6.51. The predicted octanol–water partition coefficient (Wildman–Crippen LogP) is 18.0. The van der Waals surface area contributed by atoms with E-state index in [1.807, 2.05) is 97.1 Å². The number of ether oxygens (including phenoxy) is 12. The Hall–Kier alpha value is -7.40. The number of hydrogen-bond acceptors (Lipinski definition) is 20. The Morgan fingerprint density at radius 2 is 0.370 bits per heavy atom. The molecular formula is C80H100N4O12S4. The van der Waals surface area contributed by atoms with Gasteiger partial charge in [0.05, 0.1) is 92.0 Å². The van der Waals surface area contributed by atoms with Crippen molar-refractivity contribution in [2.24, 2.45) is 0 Å². The lowest BCUT2D eigenvalue weighted by atomic mass is 9.87. The van der Waals surface area contributed by atoms with Gasteiger partial charge in [-0.15, -0.1) is 0 Å². The van der Waals surface area contributed by atoms with Gasteiger partial charge in [0.1, 0.15) is 98.9 Å². The highest BCUT2D eigenvalue weighted by atomic mass is 32.2. The highest BCUT2D eigenvalue weighted by Gasteiger charge is 2.31. The van der Waals surface area contributed by atoms with E-state index in [1.165, 1.54) is 0 Å². The topological polar surface area (TPSA) is 215 Å². The molecule has 8 bridgehead atoms. The third-order valence-corrected chi connectivity index (χ3v) is 20.0. The van der Waals surface area contributed by atoms with Crippen molar-refractivity contribution in [3.8, 4) is 46.0 Å². The highest BCUT2D eigenvalue weighted by Crippen LogP contribution is 2.56. The Kier molecular flexibility index (Phi) is 27.6. The molecule has 0 aromatic heterocycles. The molecule has 0 saturated carbocycles. The van der Waals surface area contributed by atoms with Crippen LogP contribution in [0.4, 0.5) is 22.7 Å². The number of rotatable bonds is 32. The fraction of sp³-hybridized carbons (Fsp3) is 0.400. The summed E-state index contributed by atoms with van der Waals surface area (Å²) in [5, 5.41) is 0. The summed E-state index contributed by atoms with van der Waals surface area (Å²) in [6, 6.07) is 47.6. The molecule has 0 amide bonds. The van der Waals surface area contributed by atoms with Crippen molar-refractivity contribution in [1.29, 1.82) is 0 Å². The Morgan fingerprint density at radius 3 is 0.520 bits per heavy atom. The molecule has 100 heavy (non-hydrogen) atoms. The molecule has 16 nitrogen and oxygen atoms in total. The lowest BCUT2D eigenvalue weighted by Crippen LogP contribution is -2.16. The lowest BCUT2D eigenvalue weighted by Gasteiger charge is -2.28. The van der Waals surface area contributed by atoms with Crippen molar-refractivity contribution in [2.45, 2.75) is 144 Å². The van der Waals surface area contributed by atoms with E-state index in [0.29, 0.717) is 125 Å². The van der Waals surface area contributed by atoms with Crippen molar-refractivity contribution in [3.63, 3.8) is 0 Å². The van der Waals surface area contributed by atoms with E-state index in [2.05, 4.69) is 132 Å². The maximum absolute atomic E-state index is 7.19. The zero-order valence-corrected chi connectivity index (χ0v) is 63.3. The lowest BCUT2D eigenvalue weighted by molar-refractivity contribution is 0.0747. The van der Waals surface area contributed by atoms with Crippen LogP contribution in [0.1, 0.15) is 105 Å². The van der Waals surface area contributed by atoms with Gasteiger partial charge in [0.15, 0.2) is 0 Å². The summed E-state index contributed by atoms with van der Waals surface area (Å²) in [5.41, 5.74) is 29.8. The standard InChI is InChI=1S/C80H100N4O12S4/c1-77(2,3)53-45-65-73(93-41-33-85-29-37-89-61-21-13-57(81)14-22-61)66(46-53)98-68-48-55(79(7,8)9)50-70(75(68)95-43-35-87-31-39-91-63-25-17-59(83)18-26-63)100-72-52-56(80(10,11)12)51-71(76(72)96-44-36-88-32-40-92-64-27-19-60(84)20-28-64)99-69-49-54(78(4,5)6)47-67(97-65)74(69)94-42-34-86-30-38-90-62-23-15-58(82)16-24-62/h13-28,45-52H,29-44,81-84H2,1-12H3. The minimum Gasteiger partial charge on any atom is -0.491 e. The molecule has 1 aliphatic rings. The van der Waals surface area contributed by atoms with E-state index < -0.39 is 0 Å². The van der Waals surface area contributed by atoms with Gasteiger partial charge in [-0.3, -0.25) is 0 Å². The summed E-state index contributed by atoms with van der Waals surface area (Å²) < 4.78 is 77.8. The SMILES string of the molecule is CC(C)(C)c1cc2c(OCCOCCOc3ccc(N)cc3)c(c1)Sc1cc(C(C)(C)C)cc(c1OCCOCCOc1ccc(N)cc1)Sc1cc(C(C)(C)C)cc(c1OCCOCCOc1ccc(N)cc1)Sc1cc(C(C)(C)C)cc(c1OCCOCCOc1ccc(N)cc1)S2. The zero-order chi connectivity index (χ0) is 71.5. The molecule has 0 fully saturated rings. The van der Waals surface area contributed by atoms with Crippen LogP contribution in [0.25, 0.3) is 0 Å². The molecule has 1 heterocycles. The molecule has 20 heteroatoms. The first kappa shape index (κ1) is 76.8. The molecule has 8 aromatic carbocycles. The third kappa shape index (κ3) is 23.3. The number of benzene rings is 8. The maximum atomic E-state index is 7.19. The first-order chi connectivity index (χ1) is 47.7. The van der Waals surface area contributed by atoms with Crippen molar-refractivity contribution >= 4 is 69.8 Å². The van der Waals surface area contributed by atoms with Gasteiger partial charge in [0.25, 0.3) is 0 Å². The fourth-order valence-electron chi connectivity index (χ4n) is 10.0. The van der Waals surface area contributed by atoms with Crippen LogP contribution in [0.15, 0.2) is 185 Å². The van der Waals surface area contributed by atoms with Gasteiger partial charge in [0, 0.05) is 22.7 Å². The van der Waals surface area contributed by atoms with Gasteiger partial charge in [-0.25, -0.2) is 0 Å². The average Bonchev–Trinajstić information content (AvgIpc) is 0.765. The van der Waals surface area contributed by atoms with Crippen LogP contribution in [-0.2, 0) is 40.6 Å². The van der Waals surface area contributed by atoms with Gasteiger partial charge >= 0.3 is 0 Å². The molecule has 8 aromatic rings. The first-order valence-electron chi connectivity index (χ1n) is 33.9. The molecule has 536 valence electrons. The second-order valence-corrected chi connectivity index (χ2v) is 32.5. The van der Waals surface area contributed by atoms with Gasteiger partial charge in [0.2, 0.25) is 0 Å². The average molecular weight is 1440 g/mol. The fourth-order valence-corrected chi connectivity index (χ4v) is 14.8. The summed E-state index contributed by atoms with van der Waals surface area (Å²) in [6.07, 6.45) is 0. The third-order valence-electron chi connectivity index (χ3n) is 15.8. The molecule has 1 aliphatic heterocycles. The van der Waals surface area contributed by atoms with Gasteiger partial charge in [-0.05, 0) is 190 Å². The molecule has 0 saturated heterocycles. The summed E-state index contributed by atoms with van der Waals surface area (Å²) in [4.78, 5) is 7.19. The summed E-state index contributed by atoms with van der Waals surface area (Å²) in [6.45, 7) is 31.9. The van der Waals surface area contributed by atoms with E-state index in [-0.39, 0.29) is 48.1 Å². The number of nitrogen functional groups attached to an aromatic ring is 4. The Labute approximate surface area is 609 Å². The molecular weight excluding hydrogens is 1340 g/mol. The van der Waals surface area contributed by atoms with Crippen molar-refractivity contribution in [1.82, 2.24) is 0 Å². The quantitative estimate of drug-likeness (QED) is 0.0228. The second kappa shape index (κ2) is 36.0. The van der Waals surface area contributed by atoms with E-state index in [9.17, 15) is 0 Å². The van der Waals surface area contributed by atoms with Crippen LogP contribution >= 0.6 is 47.0 Å². The van der Waals surface area contributed by atoms with Gasteiger partial charge in [-0.1, -0.05) is 130 Å². The molecule has 0 atom stereocenters. The maximum Gasteiger partial charge on any atom is 0.147 e. The van der Waals surface area contributed by atoms with Gasteiger partial charge in [-0.2, -0.15) is 0 Å². The van der Waals surface area contributed by atoms with Crippen LogP contribution in [0.5, 0.6) is 46.0 Å². The molecule has 8 N–H and O–H groups in total. The van der Waals surface area contributed by atoms with Crippen molar-refractivity contribution in [3.05, 3.63) is 168 Å². The van der Waals surface area contributed by atoms with Gasteiger partial charge < -0.3 is 79.8 Å². The zero-order valence-electron chi connectivity index (χ0n) is 60.0. The largest absolute Gasteiger partial charge is 0.491 e.